The molecule has 1 aliphatic rings. The van der Waals surface area contributed by atoms with Gasteiger partial charge in [0.1, 0.15) is 23.6 Å². The molecule has 0 atom stereocenters. The van der Waals surface area contributed by atoms with Crippen molar-refractivity contribution in [3.63, 3.8) is 0 Å². The number of methoxy groups -OCH3 is 1. The van der Waals surface area contributed by atoms with E-state index in [0.717, 1.165) is 37.4 Å². The maximum absolute atomic E-state index is 12.6. The van der Waals surface area contributed by atoms with Crippen LogP contribution >= 0.6 is 0 Å². The highest BCUT2D eigenvalue weighted by molar-refractivity contribution is 5.93. The van der Waals surface area contributed by atoms with E-state index in [9.17, 15) is 4.79 Å². The van der Waals surface area contributed by atoms with Crippen LogP contribution < -0.4 is 10.1 Å². The monoisotopic (exact) mass is 326 g/mol. The minimum absolute atomic E-state index is 0.0166. The van der Waals surface area contributed by atoms with Gasteiger partial charge in [-0.25, -0.2) is 9.97 Å². The Balaban J connectivity index is 1.71. The number of anilines is 2. The van der Waals surface area contributed by atoms with Gasteiger partial charge in [-0.05, 0) is 37.1 Å². The number of hydrogen-bond acceptors (Lipinski definition) is 5. The number of nitrogens with zero attached hydrogens (tertiary/aromatic N) is 3. The van der Waals surface area contributed by atoms with Gasteiger partial charge in [-0.1, -0.05) is 12.8 Å². The number of benzene rings is 1. The lowest BCUT2D eigenvalue weighted by atomic mass is 10.2. The van der Waals surface area contributed by atoms with E-state index < -0.39 is 0 Å². The Labute approximate surface area is 141 Å². The van der Waals surface area contributed by atoms with Gasteiger partial charge in [-0.15, -0.1) is 0 Å². The van der Waals surface area contributed by atoms with E-state index in [-0.39, 0.29) is 5.91 Å². The summed E-state index contributed by atoms with van der Waals surface area (Å²) >= 11 is 0. The SMILES string of the molecule is COc1ccc(Nc2cc(C(=O)N3CCCCCC3)ncn2)cc1. The molecule has 0 bridgehead atoms. The van der Waals surface area contributed by atoms with Gasteiger partial charge in [0.05, 0.1) is 7.11 Å². The Morgan fingerprint density at radius 1 is 1.08 bits per heavy atom. The summed E-state index contributed by atoms with van der Waals surface area (Å²) in [5, 5.41) is 3.19. The van der Waals surface area contributed by atoms with E-state index in [1.54, 1.807) is 13.2 Å². The number of aromatic nitrogens is 2. The highest BCUT2D eigenvalue weighted by atomic mass is 16.5. The Morgan fingerprint density at radius 2 is 1.79 bits per heavy atom. The number of carbonyl (C=O) groups excluding carboxylic acids is 1. The van der Waals surface area contributed by atoms with Crippen LogP contribution in [-0.4, -0.2) is 41.0 Å². The molecule has 6 nitrogen and oxygen atoms in total. The molecule has 0 aliphatic carbocycles. The molecule has 1 saturated heterocycles. The summed E-state index contributed by atoms with van der Waals surface area (Å²) in [6.45, 7) is 1.62. The summed E-state index contributed by atoms with van der Waals surface area (Å²) in [5.74, 6) is 1.38. The maximum Gasteiger partial charge on any atom is 0.272 e. The minimum Gasteiger partial charge on any atom is -0.497 e. The van der Waals surface area contributed by atoms with Crippen LogP contribution in [0, 0.1) is 0 Å². The minimum atomic E-state index is -0.0166. The zero-order chi connectivity index (χ0) is 16.8. The molecule has 1 aliphatic heterocycles. The molecule has 3 rings (SSSR count). The molecule has 2 aromatic rings. The van der Waals surface area contributed by atoms with Crippen molar-refractivity contribution in [1.82, 2.24) is 14.9 Å². The fourth-order valence-corrected chi connectivity index (χ4v) is 2.80. The highest BCUT2D eigenvalue weighted by Crippen LogP contribution is 2.19. The molecule has 0 saturated carbocycles. The third-order valence-corrected chi connectivity index (χ3v) is 4.14. The molecule has 2 heterocycles. The number of rotatable bonds is 4. The van der Waals surface area contributed by atoms with Gasteiger partial charge in [0, 0.05) is 24.8 Å². The van der Waals surface area contributed by atoms with Crippen LogP contribution in [0.1, 0.15) is 36.2 Å². The van der Waals surface area contributed by atoms with Crippen LogP contribution in [0.4, 0.5) is 11.5 Å². The molecule has 1 amide bonds. The first-order valence-electron chi connectivity index (χ1n) is 8.28. The number of hydrogen-bond donors (Lipinski definition) is 1. The molecular weight excluding hydrogens is 304 g/mol. The number of ether oxygens (including phenoxy) is 1. The zero-order valence-electron chi connectivity index (χ0n) is 13.9. The average molecular weight is 326 g/mol. The predicted molar refractivity (Wildman–Crippen MR) is 92.7 cm³/mol. The van der Waals surface area contributed by atoms with E-state index >= 15 is 0 Å². The van der Waals surface area contributed by atoms with Crippen LogP contribution in [0.3, 0.4) is 0 Å². The maximum atomic E-state index is 12.6. The smallest absolute Gasteiger partial charge is 0.272 e. The second-order valence-corrected chi connectivity index (χ2v) is 5.85. The van der Waals surface area contributed by atoms with Crippen LogP contribution in [0.2, 0.25) is 0 Å². The summed E-state index contributed by atoms with van der Waals surface area (Å²) in [7, 11) is 1.63. The molecule has 6 heteroatoms. The molecule has 0 spiro atoms. The zero-order valence-corrected chi connectivity index (χ0v) is 13.9. The number of nitrogens with one attached hydrogen (secondary N) is 1. The van der Waals surface area contributed by atoms with Crippen molar-refractivity contribution in [2.24, 2.45) is 0 Å². The quantitative estimate of drug-likeness (QED) is 0.934. The van der Waals surface area contributed by atoms with E-state index in [4.69, 9.17) is 4.74 Å². The lowest BCUT2D eigenvalue weighted by molar-refractivity contribution is 0.0755. The molecule has 1 aromatic heterocycles. The van der Waals surface area contributed by atoms with Gasteiger partial charge >= 0.3 is 0 Å². The summed E-state index contributed by atoms with van der Waals surface area (Å²) in [4.78, 5) is 22.9. The summed E-state index contributed by atoms with van der Waals surface area (Å²) < 4.78 is 5.14. The molecule has 0 unspecified atom stereocenters. The second-order valence-electron chi connectivity index (χ2n) is 5.85. The standard InChI is InChI=1S/C18H22N4O2/c1-24-15-8-6-14(7-9-15)21-17-12-16(19-13-20-17)18(23)22-10-4-2-3-5-11-22/h6-9,12-13H,2-5,10-11H2,1H3,(H,19,20,21). The number of likely N-dealkylation sites (tertiary alicyclic amines) is 1. The Bertz CT molecular complexity index is 680. The van der Waals surface area contributed by atoms with Crippen molar-refractivity contribution >= 4 is 17.4 Å². The molecule has 0 radical (unpaired) electrons. The Hall–Kier alpha value is -2.63. The van der Waals surface area contributed by atoms with Gasteiger partial charge in [0.15, 0.2) is 0 Å². The summed E-state index contributed by atoms with van der Waals surface area (Å²) in [6.07, 6.45) is 5.94. The molecule has 24 heavy (non-hydrogen) atoms. The van der Waals surface area contributed by atoms with E-state index in [1.807, 2.05) is 29.2 Å². The van der Waals surface area contributed by atoms with Crippen LogP contribution in [0.25, 0.3) is 0 Å². The Morgan fingerprint density at radius 3 is 2.46 bits per heavy atom. The van der Waals surface area contributed by atoms with E-state index in [0.29, 0.717) is 11.5 Å². The fraction of sp³-hybridized carbons (Fsp3) is 0.389. The van der Waals surface area contributed by atoms with Crippen LogP contribution in [-0.2, 0) is 0 Å². The highest BCUT2D eigenvalue weighted by Gasteiger charge is 2.18. The topological polar surface area (TPSA) is 67.3 Å². The lowest BCUT2D eigenvalue weighted by Crippen LogP contribution is -2.32. The lowest BCUT2D eigenvalue weighted by Gasteiger charge is -2.19. The largest absolute Gasteiger partial charge is 0.497 e. The number of amides is 1. The third-order valence-electron chi connectivity index (χ3n) is 4.14. The van der Waals surface area contributed by atoms with Gasteiger partial charge in [0.2, 0.25) is 0 Å². The van der Waals surface area contributed by atoms with Crippen molar-refractivity contribution in [3.05, 3.63) is 42.4 Å². The van der Waals surface area contributed by atoms with Gasteiger partial charge in [0.25, 0.3) is 5.91 Å². The van der Waals surface area contributed by atoms with E-state index in [2.05, 4.69) is 15.3 Å². The fourth-order valence-electron chi connectivity index (χ4n) is 2.80. The van der Waals surface area contributed by atoms with E-state index in [1.165, 1.54) is 19.2 Å². The molecule has 1 fully saturated rings. The van der Waals surface area contributed by atoms with Gasteiger partial charge < -0.3 is 15.0 Å². The molecule has 126 valence electrons. The predicted octanol–water partition coefficient (Wildman–Crippen LogP) is 3.25. The normalized spacial score (nSPS) is 14.8. The first-order chi connectivity index (χ1) is 11.8. The van der Waals surface area contributed by atoms with Crippen molar-refractivity contribution in [2.45, 2.75) is 25.7 Å². The molecule has 1 N–H and O–H groups in total. The first kappa shape index (κ1) is 16.2. The van der Waals surface area contributed by atoms with Crippen LogP contribution in [0.15, 0.2) is 36.7 Å². The van der Waals surface area contributed by atoms with Gasteiger partial charge in [-0.3, -0.25) is 4.79 Å². The van der Waals surface area contributed by atoms with Crippen molar-refractivity contribution in [3.8, 4) is 5.75 Å². The first-order valence-corrected chi connectivity index (χ1v) is 8.28. The summed E-state index contributed by atoms with van der Waals surface area (Å²) in [6, 6.07) is 9.24. The van der Waals surface area contributed by atoms with Gasteiger partial charge in [-0.2, -0.15) is 0 Å². The summed E-state index contributed by atoms with van der Waals surface area (Å²) in [5.41, 5.74) is 1.31. The van der Waals surface area contributed by atoms with Crippen molar-refractivity contribution in [1.29, 1.82) is 0 Å². The third kappa shape index (κ3) is 4.01. The number of carbonyl (C=O) groups is 1. The average Bonchev–Trinajstić information content (AvgIpc) is 2.91. The second kappa shape index (κ2) is 7.77. The van der Waals surface area contributed by atoms with Crippen molar-refractivity contribution < 1.29 is 9.53 Å². The van der Waals surface area contributed by atoms with Crippen molar-refractivity contribution in [2.75, 3.05) is 25.5 Å². The Kier molecular flexibility index (Phi) is 5.25. The molecule has 1 aromatic carbocycles. The van der Waals surface area contributed by atoms with Crippen LogP contribution in [0.5, 0.6) is 5.75 Å². The molecular formula is C18H22N4O2.